The van der Waals surface area contributed by atoms with Crippen LogP contribution in [-0.4, -0.2) is 35.6 Å². The van der Waals surface area contributed by atoms with Crippen molar-refractivity contribution in [1.29, 1.82) is 0 Å². The Labute approximate surface area is 238 Å². The summed E-state index contributed by atoms with van der Waals surface area (Å²) in [6.45, 7) is 8.09. The van der Waals surface area contributed by atoms with Gasteiger partial charge in [0.15, 0.2) is 0 Å². The van der Waals surface area contributed by atoms with Crippen LogP contribution >= 0.6 is 23.2 Å². The van der Waals surface area contributed by atoms with Crippen LogP contribution in [0.15, 0.2) is 42.0 Å². The van der Waals surface area contributed by atoms with E-state index in [0.717, 1.165) is 13.3 Å². The molecule has 216 valence electrons. The Bertz CT molecular complexity index is 1150. The molecule has 1 aromatic rings. The molecule has 1 saturated carbocycles. The van der Waals surface area contributed by atoms with Crippen LogP contribution < -0.4 is 5.32 Å². The first-order chi connectivity index (χ1) is 17.9. The molecule has 10 heteroatoms. The van der Waals surface area contributed by atoms with Crippen molar-refractivity contribution >= 4 is 40.8 Å². The third kappa shape index (κ3) is 7.19. The molecular weight excluding hydrogens is 554 g/mol. The minimum absolute atomic E-state index is 0.127. The number of esters is 1. The van der Waals surface area contributed by atoms with Gasteiger partial charge in [0.2, 0.25) is 5.91 Å². The van der Waals surface area contributed by atoms with E-state index in [0.29, 0.717) is 18.4 Å². The van der Waals surface area contributed by atoms with E-state index < -0.39 is 45.9 Å². The fourth-order valence-corrected chi connectivity index (χ4v) is 5.32. The van der Waals surface area contributed by atoms with E-state index in [1.807, 2.05) is 0 Å². The highest BCUT2D eigenvalue weighted by atomic mass is 35.5. The lowest BCUT2D eigenvalue weighted by molar-refractivity contribution is -0.187. The zero-order valence-corrected chi connectivity index (χ0v) is 24.6. The van der Waals surface area contributed by atoms with Crippen molar-refractivity contribution in [3.63, 3.8) is 0 Å². The van der Waals surface area contributed by atoms with Gasteiger partial charge in [0.1, 0.15) is 5.60 Å². The van der Waals surface area contributed by atoms with Gasteiger partial charge in [0.05, 0.1) is 38.9 Å². The standard InChI is InChI=1S/C29H36Cl2F3NO4/c1-17(29(32,33)34)22(18-10-14-27(5,31)15-11-18)24(36)35-21-16-19(8-9-20(21)30)23(38-6)28(12-7-13-28)25(37)39-26(2,3)4/h8-11,14,16-17,22-23H,7,12-13,15H2,1-6H3,(H,35,36)/t17-,22+,23?,27?/m1/s1. The number of hydrogen-bond donors (Lipinski definition) is 1. The van der Waals surface area contributed by atoms with Gasteiger partial charge in [0, 0.05) is 7.11 Å². The number of methoxy groups -OCH3 is 1. The number of allylic oxidation sites excluding steroid dienone is 3. The van der Waals surface area contributed by atoms with Crippen LogP contribution in [0.5, 0.6) is 0 Å². The third-order valence-corrected chi connectivity index (χ3v) is 7.97. The molecule has 1 fully saturated rings. The van der Waals surface area contributed by atoms with Gasteiger partial charge in [-0.2, -0.15) is 13.2 Å². The molecule has 39 heavy (non-hydrogen) atoms. The van der Waals surface area contributed by atoms with Crippen LogP contribution in [-0.2, 0) is 19.1 Å². The summed E-state index contributed by atoms with van der Waals surface area (Å²) >= 11 is 12.7. The Morgan fingerprint density at radius 1 is 1.15 bits per heavy atom. The SMILES string of the molecule is COC(c1ccc(Cl)c(NC(=O)[C@H](C2=CCC(C)(Cl)C=C2)[C@@H](C)C(F)(F)F)c1)C1(C(=O)OC(C)(C)C)CCC1. The second-order valence-corrected chi connectivity index (χ2v) is 13.0. The summed E-state index contributed by atoms with van der Waals surface area (Å²) in [6, 6.07) is 4.76. The molecule has 0 radical (unpaired) electrons. The first kappa shape index (κ1) is 31.5. The monoisotopic (exact) mass is 589 g/mol. The average Bonchev–Trinajstić information content (AvgIpc) is 2.77. The van der Waals surface area contributed by atoms with E-state index in [1.165, 1.54) is 19.3 Å². The summed E-state index contributed by atoms with van der Waals surface area (Å²) in [5, 5.41) is 2.75. The molecule has 1 amide bonds. The summed E-state index contributed by atoms with van der Waals surface area (Å²) < 4.78 is 53.0. The fourth-order valence-electron chi connectivity index (χ4n) is 5.01. The van der Waals surface area contributed by atoms with Gasteiger partial charge in [-0.25, -0.2) is 0 Å². The minimum Gasteiger partial charge on any atom is -0.459 e. The van der Waals surface area contributed by atoms with Gasteiger partial charge < -0.3 is 14.8 Å². The van der Waals surface area contributed by atoms with Gasteiger partial charge in [-0.1, -0.05) is 49.2 Å². The van der Waals surface area contributed by atoms with Crippen molar-refractivity contribution in [1.82, 2.24) is 0 Å². The number of alkyl halides is 4. The van der Waals surface area contributed by atoms with Crippen molar-refractivity contribution in [2.45, 2.75) is 83.1 Å². The molecule has 3 rings (SSSR count). The van der Waals surface area contributed by atoms with Crippen LogP contribution in [0.25, 0.3) is 0 Å². The molecule has 0 bridgehead atoms. The summed E-state index contributed by atoms with van der Waals surface area (Å²) in [7, 11) is 1.48. The summed E-state index contributed by atoms with van der Waals surface area (Å²) in [5.74, 6) is -4.72. The number of ether oxygens (including phenoxy) is 2. The molecule has 2 aliphatic rings. The summed E-state index contributed by atoms with van der Waals surface area (Å²) in [6.07, 6.45) is 1.52. The second kappa shape index (κ2) is 11.5. The topological polar surface area (TPSA) is 64.6 Å². The van der Waals surface area contributed by atoms with E-state index in [2.05, 4.69) is 5.32 Å². The Morgan fingerprint density at radius 2 is 1.79 bits per heavy atom. The molecule has 0 spiro atoms. The van der Waals surface area contributed by atoms with E-state index in [9.17, 15) is 22.8 Å². The Morgan fingerprint density at radius 3 is 2.26 bits per heavy atom. The fraction of sp³-hybridized carbons (Fsp3) is 0.586. The van der Waals surface area contributed by atoms with Crippen molar-refractivity contribution in [2.24, 2.45) is 17.3 Å². The van der Waals surface area contributed by atoms with E-state index >= 15 is 0 Å². The average molecular weight is 591 g/mol. The molecule has 1 N–H and O–H groups in total. The van der Waals surface area contributed by atoms with Crippen molar-refractivity contribution < 1.29 is 32.2 Å². The largest absolute Gasteiger partial charge is 0.459 e. The number of carbonyl (C=O) groups excluding carboxylic acids is 2. The molecule has 0 saturated heterocycles. The Balaban J connectivity index is 1.94. The third-order valence-electron chi connectivity index (χ3n) is 7.36. The number of anilines is 1. The minimum atomic E-state index is -4.62. The number of carbonyl (C=O) groups is 2. The molecular formula is C29H36Cl2F3NO4. The van der Waals surface area contributed by atoms with E-state index in [4.69, 9.17) is 32.7 Å². The quantitative estimate of drug-likeness (QED) is 0.245. The smallest absolute Gasteiger partial charge is 0.392 e. The molecule has 4 atom stereocenters. The van der Waals surface area contributed by atoms with E-state index in [-0.39, 0.29) is 28.7 Å². The molecule has 2 unspecified atom stereocenters. The van der Waals surface area contributed by atoms with Gasteiger partial charge in [0.25, 0.3) is 0 Å². The lowest BCUT2D eigenvalue weighted by Gasteiger charge is -2.45. The van der Waals surface area contributed by atoms with Crippen LogP contribution in [0.4, 0.5) is 18.9 Å². The molecule has 2 aliphatic carbocycles. The highest BCUT2D eigenvalue weighted by Crippen LogP contribution is 2.53. The number of nitrogens with one attached hydrogen (secondary N) is 1. The van der Waals surface area contributed by atoms with Gasteiger partial charge in [-0.05, 0) is 70.2 Å². The second-order valence-electron chi connectivity index (χ2n) is 11.7. The van der Waals surface area contributed by atoms with Gasteiger partial charge >= 0.3 is 12.1 Å². The van der Waals surface area contributed by atoms with Crippen LogP contribution in [0, 0.1) is 17.3 Å². The van der Waals surface area contributed by atoms with E-state index in [1.54, 1.807) is 52.0 Å². The van der Waals surface area contributed by atoms with Crippen LogP contribution in [0.3, 0.4) is 0 Å². The lowest BCUT2D eigenvalue weighted by atomic mass is 9.63. The van der Waals surface area contributed by atoms with Crippen LogP contribution in [0.1, 0.15) is 72.0 Å². The Kier molecular flexibility index (Phi) is 9.25. The van der Waals surface area contributed by atoms with Gasteiger partial charge in [-0.3, -0.25) is 9.59 Å². The lowest BCUT2D eigenvalue weighted by Crippen LogP contribution is -2.47. The van der Waals surface area contributed by atoms with Crippen molar-refractivity contribution in [3.05, 3.63) is 52.6 Å². The number of amides is 1. The molecule has 0 aromatic heterocycles. The maximum absolute atomic E-state index is 13.8. The molecule has 0 heterocycles. The summed E-state index contributed by atoms with van der Waals surface area (Å²) in [4.78, 5) is 25.9. The number of halogens is 5. The van der Waals surface area contributed by atoms with Gasteiger partial charge in [-0.15, -0.1) is 11.6 Å². The maximum atomic E-state index is 13.8. The number of rotatable bonds is 8. The van der Waals surface area contributed by atoms with Crippen LogP contribution in [0.2, 0.25) is 5.02 Å². The van der Waals surface area contributed by atoms with Crippen molar-refractivity contribution in [3.8, 4) is 0 Å². The number of hydrogen-bond acceptors (Lipinski definition) is 4. The van der Waals surface area contributed by atoms with Crippen molar-refractivity contribution in [2.75, 3.05) is 12.4 Å². The zero-order chi connectivity index (χ0) is 29.4. The highest BCUT2D eigenvalue weighted by Gasteiger charge is 2.54. The Hall–Kier alpha value is -2.03. The zero-order valence-electron chi connectivity index (χ0n) is 23.0. The first-order valence-corrected chi connectivity index (χ1v) is 13.7. The predicted octanol–water partition coefficient (Wildman–Crippen LogP) is 8.18. The summed E-state index contributed by atoms with van der Waals surface area (Å²) in [5.41, 5.74) is -0.698. The normalized spacial score (nSPS) is 23.2. The molecule has 5 nitrogen and oxygen atoms in total. The molecule has 1 aromatic carbocycles. The number of benzene rings is 1. The molecule has 0 aliphatic heterocycles. The predicted molar refractivity (Wildman–Crippen MR) is 147 cm³/mol. The maximum Gasteiger partial charge on any atom is 0.392 e. The highest BCUT2D eigenvalue weighted by molar-refractivity contribution is 6.33. The first-order valence-electron chi connectivity index (χ1n) is 12.9.